The zero-order valence-electron chi connectivity index (χ0n) is 14.6. The first-order valence-electron chi connectivity index (χ1n) is 8.37. The zero-order chi connectivity index (χ0) is 20.3. The summed E-state index contributed by atoms with van der Waals surface area (Å²) in [5, 5.41) is 11.2. The fourth-order valence-electron chi connectivity index (χ4n) is 2.93. The first-order valence-corrected chi connectivity index (χ1v) is 8.37. The third-order valence-electron chi connectivity index (χ3n) is 4.36. The zero-order valence-corrected chi connectivity index (χ0v) is 14.6. The average Bonchev–Trinajstić information content (AvgIpc) is 3.18. The van der Waals surface area contributed by atoms with E-state index < -0.39 is 22.4 Å². The first kappa shape index (κ1) is 19.5. The monoisotopic (exact) mass is 395 g/mol. The van der Waals surface area contributed by atoms with Gasteiger partial charge in [0.15, 0.2) is 0 Å². The molecule has 0 spiro atoms. The van der Waals surface area contributed by atoms with E-state index >= 15 is 0 Å². The van der Waals surface area contributed by atoms with E-state index in [4.69, 9.17) is 4.42 Å². The lowest BCUT2D eigenvalue weighted by atomic mass is 10.1. The Morgan fingerprint density at radius 3 is 2.46 bits per heavy atom. The SMILES string of the molecule is O=C(/C=C/c1ccco1)N1CCN(c2ccc(C(F)(F)F)cc2[N+](=O)[O-])CC1. The molecule has 1 saturated heterocycles. The van der Waals surface area contributed by atoms with Crippen LogP contribution < -0.4 is 4.90 Å². The number of furan rings is 1. The van der Waals surface area contributed by atoms with Gasteiger partial charge < -0.3 is 14.2 Å². The van der Waals surface area contributed by atoms with E-state index in [-0.39, 0.29) is 24.7 Å². The van der Waals surface area contributed by atoms with E-state index in [9.17, 15) is 28.1 Å². The number of carbonyl (C=O) groups excluding carboxylic acids is 1. The van der Waals surface area contributed by atoms with Gasteiger partial charge in [-0.3, -0.25) is 14.9 Å². The van der Waals surface area contributed by atoms with Gasteiger partial charge >= 0.3 is 6.18 Å². The summed E-state index contributed by atoms with van der Waals surface area (Å²) in [6, 6.07) is 5.87. The Morgan fingerprint density at radius 2 is 1.89 bits per heavy atom. The minimum absolute atomic E-state index is 0.108. The van der Waals surface area contributed by atoms with Gasteiger partial charge in [0, 0.05) is 38.3 Å². The fourth-order valence-corrected chi connectivity index (χ4v) is 2.93. The third-order valence-corrected chi connectivity index (χ3v) is 4.36. The summed E-state index contributed by atoms with van der Waals surface area (Å²) in [6.07, 6.45) is -0.265. The highest BCUT2D eigenvalue weighted by Crippen LogP contribution is 2.36. The number of nitro groups is 1. The summed E-state index contributed by atoms with van der Waals surface area (Å²) < 4.78 is 43.6. The molecule has 0 unspecified atom stereocenters. The smallest absolute Gasteiger partial charge is 0.416 e. The Morgan fingerprint density at radius 1 is 1.18 bits per heavy atom. The number of rotatable bonds is 4. The van der Waals surface area contributed by atoms with Gasteiger partial charge in [0.1, 0.15) is 11.4 Å². The number of hydrogen-bond acceptors (Lipinski definition) is 5. The maximum Gasteiger partial charge on any atom is 0.416 e. The topological polar surface area (TPSA) is 79.8 Å². The molecule has 1 amide bonds. The van der Waals surface area contributed by atoms with Crippen molar-refractivity contribution in [2.24, 2.45) is 0 Å². The molecule has 7 nitrogen and oxygen atoms in total. The summed E-state index contributed by atoms with van der Waals surface area (Å²) >= 11 is 0. The van der Waals surface area contributed by atoms with Gasteiger partial charge in [-0.25, -0.2) is 0 Å². The lowest BCUT2D eigenvalue weighted by Crippen LogP contribution is -2.48. The second-order valence-electron chi connectivity index (χ2n) is 6.12. The second kappa shape index (κ2) is 7.75. The molecule has 1 aliphatic rings. The molecule has 10 heteroatoms. The number of anilines is 1. The molecule has 1 aromatic carbocycles. The standard InChI is InChI=1S/C18H16F3N3O4/c19-18(20,21)13-3-5-15(16(12-13)24(26)27)22-7-9-23(10-8-22)17(25)6-4-14-2-1-11-28-14/h1-6,11-12H,7-10H2/b6-4+. The molecule has 0 aliphatic carbocycles. The third kappa shape index (κ3) is 4.33. The summed E-state index contributed by atoms with van der Waals surface area (Å²) in [5.41, 5.74) is -1.57. The van der Waals surface area contributed by atoms with Gasteiger partial charge in [0.25, 0.3) is 5.69 Å². The first-order chi connectivity index (χ1) is 13.3. The molecule has 1 aliphatic heterocycles. The van der Waals surface area contributed by atoms with Crippen molar-refractivity contribution in [2.75, 3.05) is 31.1 Å². The minimum atomic E-state index is -4.66. The van der Waals surface area contributed by atoms with Crippen LogP contribution >= 0.6 is 0 Å². The van der Waals surface area contributed by atoms with Crippen LogP contribution in [0.1, 0.15) is 11.3 Å². The molecule has 0 bridgehead atoms. The fraction of sp³-hybridized carbons (Fsp3) is 0.278. The molecular formula is C18H16F3N3O4. The van der Waals surface area contributed by atoms with E-state index in [2.05, 4.69) is 0 Å². The quantitative estimate of drug-likeness (QED) is 0.449. The lowest BCUT2D eigenvalue weighted by molar-refractivity contribution is -0.384. The Hall–Kier alpha value is -3.30. The van der Waals surface area contributed by atoms with Crippen molar-refractivity contribution in [3.05, 3.63) is 64.1 Å². The number of hydrogen-bond donors (Lipinski definition) is 0. The molecule has 3 rings (SSSR count). The maximum absolute atomic E-state index is 12.8. The molecule has 0 N–H and O–H groups in total. The largest absolute Gasteiger partial charge is 0.465 e. The summed E-state index contributed by atoms with van der Waals surface area (Å²) in [6.45, 7) is 1.12. The van der Waals surface area contributed by atoms with E-state index in [0.717, 1.165) is 12.1 Å². The van der Waals surface area contributed by atoms with E-state index in [1.165, 1.54) is 18.4 Å². The number of nitrogens with zero attached hydrogens (tertiary/aromatic N) is 3. The minimum Gasteiger partial charge on any atom is -0.465 e. The number of piperazine rings is 1. The highest BCUT2D eigenvalue weighted by molar-refractivity contribution is 5.91. The molecule has 0 atom stereocenters. The van der Waals surface area contributed by atoms with Crippen LogP contribution in [0.3, 0.4) is 0 Å². The molecule has 2 aromatic rings. The van der Waals surface area contributed by atoms with Crippen molar-refractivity contribution in [1.29, 1.82) is 0 Å². The normalized spacial score (nSPS) is 15.2. The second-order valence-corrected chi connectivity index (χ2v) is 6.12. The number of carbonyl (C=O) groups is 1. The van der Waals surface area contributed by atoms with Crippen molar-refractivity contribution in [1.82, 2.24) is 4.90 Å². The van der Waals surface area contributed by atoms with Crippen molar-refractivity contribution >= 4 is 23.4 Å². The van der Waals surface area contributed by atoms with Gasteiger partial charge in [-0.05, 0) is 30.3 Å². The Kier molecular flexibility index (Phi) is 5.39. The molecule has 0 saturated carbocycles. The highest BCUT2D eigenvalue weighted by atomic mass is 19.4. The summed E-state index contributed by atoms with van der Waals surface area (Å²) in [5.74, 6) is 0.297. The van der Waals surface area contributed by atoms with Gasteiger partial charge in [-0.2, -0.15) is 13.2 Å². The van der Waals surface area contributed by atoms with E-state index in [1.807, 2.05) is 0 Å². The average molecular weight is 395 g/mol. The van der Waals surface area contributed by atoms with Crippen LogP contribution in [0.2, 0.25) is 0 Å². The maximum atomic E-state index is 12.8. The Bertz CT molecular complexity index is 886. The van der Waals surface area contributed by atoms with Gasteiger partial charge in [0.2, 0.25) is 5.91 Å². The molecule has 1 aromatic heterocycles. The van der Waals surface area contributed by atoms with Gasteiger partial charge in [-0.15, -0.1) is 0 Å². The Labute approximate surface area is 157 Å². The number of nitro benzene ring substituents is 1. The number of alkyl halides is 3. The number of benzene rings is 1. The van der Waals surface area contributed by atoms with E-state index in [0.29, 0.717) is 24.9 Å². The van der Waals surface area contributed by atoms with Crippen LogP contribution in [-0.2, 0) is 11.0 Å². The van der Waals surface area contributed by atoms with Crippen LogP contribution in [0.4, 0.5) is 24.5 Å². The predicted molar refractivity (Wildman–Crippen MR) is 94.6 cm³/mol. The van der Waals surface area contributed by atoms with Crippen molar-refractivity contribution in [2.45, 2.75) is 6.18 Å². The molecular weight excluding hydrogens is 379 g/mol. The number of amides is 1. The predicted octanol–water partition coefficient (Wildman–Crippen LogP) is 3.57. The van der Waals surface area contributed by atoms with Crippen molar-refractivity contribution < 1.29 is 27.3 Å². The van der Waals surface area contributed by atoms with Gasteiger partial charge in [-0.1, -0.05) is 0 Å². The number of halogens is 3. The van der Waals surface area contributed by atoms with Crippen LogP contribution in [0.5, 0.6) is 0 Å². The lowest BCUT2D eigenvalue weighted by Gasteiger charge is -2.35. The molecule has 1 fully saturated rings. The van der Waals surface area contributed by atoms with E-state index in [1.54, 1.807) is 21.9 Å². The van der Waals surface area contributed by atoms with Crippen LogP contribution in [0, 0.1) is 10.1 Å². The van der Waals surface area contributed by atoms with Crippen molar-refractivity contribution in [3.8, 4) is 0 Å². The summed E-state index contributed by atoms with van der Waals surface area (Å²) in [7, 11) is 0. The van der Waals surface area contributed by atoms with Crippen LogP contribution in [0.25, 0.3) is 6.08 Å². The molecule has 28 heavy (non-hydrogen) atoms. The molecule has 0 radical (unpaired) electrons. The molecule has 148 valence electrons. The Balaban J connectivity index is 1.69. The summed E-state index contributed by atoms with van der Waals surface area (Å²) in [4.78, 5) is 25.8. The van der Waals surface area contributed by atoms with Crippen molar-refractivity contribution in [3.63, 3.8) is 0 Å². The van der Waals surface area contributed by atoms with Crippen LogP contribution in [-0.4, -0.2) is 41.9 Å². The van der Waals surface area contributed by atoms with Crippen LogP contribution in [0.15, 0.2) is 47.1 Å². The van der Waals surface area contributed by atoms with Gasteiger partial charge in [0.05, 0.1) is 16.7 Å². The highest BCUT2D eigenvalue weighted by Gasteiger charge is 2.34. The molecule has 2 heterocycles.